The van der Waals surface area contributed by atoms with Gasteiger partial charge in [0.05, 0.1) is 0 Å². The van der Waals surface area contributed by atoms with Crippen LogP contribution in [0.5, 0.6) is 0 Å². The second kappa shape index (κ2) is 13.5. The highest BCUT2D eigenvalue weighted by Gasteiger charge is 2.26. The van der Waals surface area contributed by atoms with Gasteiger partial charge in [0.2, 0.25) is 0 Å². The Kier molecular flexibility index (Phi) is 10.7. The van der Waals surface area contributed by atoms with E-state index in [1.54, 1.807) is 0 Å². The lowest BCUT2D eigenvalue weighted by molar-refractivity contribution is 0.0519. The van der Waals surface area contributed by atoms with Gasteiger partial charge in [-0.15, -0.1) is 0 Å². The summed E-state index contributed by atoms with van der Waals surface area (Å²) in [6.07, 6.45) is 2.92. The quantitative estimate of drug-likeness (QED) is 0.430. The van der Waals surface area contributed by atoms with E-state index in [2.05, 4.69) is 39.8 Å². The summed E-state index contributed by atoms with van der Waals surface area (Å²) in [6, 6.07) is 16.3. The molecule has 2 saturated heterocycles. The van der Waals surface area contributed by atoms with Crippen molar-refractivity contribution in [3.63, 3.8) is 0 Å². The van der Waals surface area contributed by atoms with E-state index in [-0.39, 0.29) is 6.09 Å². The average Bonchev–Trinajstić information content (AvgIpc) is 2.73. The molecule has 0 aromatic heterocycles. The SMILES string of the molecule is CC(C)(C)OC(=O)NCCCN1CC(Cc2ccc(Cl)cc2)C1.Clc1ccc(CC2CNC2)cc1. The smallest absolute Gasteiger partial charge is 0.407 e. The van der Waals surface area contributed by atoms with Gasteiger partial charge in [-0.2, -0.15) is 0 Å². The molecule has 0 unspecified atom stereocenters. The lowest BCUT2D eigenvalue weighted by Crippen LogP contribution is -2.48. The Labute approximate surface area is 220 Å². The average molecular weight is 521 g/mol. The molecule has 35 heavy (non-hydrogen) atoms. The van der Waals surface area contributed by atoms with Gasteiger partial charge >= 0.3 is 6.09 Å². The number of likely N-dealkylation sites (tertiary alicyclic amines) is 1. The fourth-order valence-electron chi connectivity index (χ4n) is 4.20. The number of nitrogens with zero attached hydrogens (tertiary/aromatic N) is 1. The van der Waals surface area contributed by atoms with E-state index in [9.17, 15) is 4.79 Å². The summed E-state index contributed by atoms with van der Waals surface area (Å²) in [5.74, 6) is 1.57. The molecule has 0 radical (unpaired) electrons. The summed E-state index contributed by atoms with van der Waals surface area (Å²) in [5.41, 5.74) is 2.31. The highest BCUT2D eigenvalue weighted by molar-refractivity contribution is 6.30. The molecule has 0 bridgehead atoms. The third-order valence-corrected chi connectivity index (χ3v) is 6.60. The molecule has 2 N–H and O–H groups in total. The van der Waals surface area contributed by atoms with Crippen molar-refractivity contribution >= 4 is 29.3 Å². The molecule has 2 heterocycles. The van der Waals surface area contributed by atoms with Crippen molar-refractivity contribution in [3.05, 3.63) is 69.7 Å². The van der Waals surface area contributed by atoms with Crippen molar-refractivity contribution in [1.82, 2.24) is 15.5 Å². The highest BCUT2D eigenvalue weighted by Crippen LogP contribution is 2.21. The number of carbonyl (C=O) groups excluding carboxylic acids is 1. The maximum absolute atomic E-state index is 11.5. The Morgan fingerprint density at radius 1 is 0.943 bits per heavy atom. The lowest BCUT2D eigenvalue weighted by atomic mass is 9.92. The molecule has 4 rings (SSSR count). The Balaban J connectivity index is 0.000000237. The molecular weight excluding hydrogens is 481 g/mol. The molecule has 2 aromatic rings. The summed E-state index contributed by atoms with van der Waals surface area (Å²) < 4.78 is 5.20. The molecule has 2 aliphatic heterocycles. The van der Waals surface area contributed by atoms with Gasteiger partial charge in [0.25, 0.3) is 0 Å². The summed E-state index contributed by atoms with van der Waals surface area (Å²) >= 11 is 11.7. The number of carbonyl (C=O) groups is 1. The monoisotopic (exact) mass is 519 g/mol. The van der Waals surface area contributed by atoms with Gasteiger partial charge in [0, 0.05) is 29.7 Å². The van der Waals surface area contributed by atoms with Crippen LogP contribution in [0.3, 0.4) is 0 Å². The van der Waals surface area contributed by atoms with E-state index >= 15 is 0 Å². The van der Waals surface area contributed by atoms with Crippen molar-refractivity contribution < 1.29 is 9.53 Å². The fraction of sp³-hybridized carbons (Fsp3) is 0.536. The Morgan fingerprint density at radius 3 is 1.91 bits per heavy atom. The van der Waals surface area contributed by atoms with Gasteiger partial charge in [-0.05, 0) is 107 Å². The number of hydrogen-bond donors (Lipinski definition) is 2. The first-order chi connectivity index (χ1) is 16.7. The first kappa shape index (κ1) is 27.8. The predicted molar refractivity (Wildman–Crippen MR) is 145 cm³/mol. The van der Waals surface area contributed by atoms with E-state index in [0.717, 1.165) is 54.4 Å². The predicted octanol–water partition coefficient (Wildman–Crippen LogP) is 5.83. The van der Waals surface area contributed by atoms with Crippen LogP contribution in [0.2, 0.25) is 10.0 Å². The number of rotatable bonds is 8. The number of nitrogens with one attached hydrogen (secondary N) is 2. The van der Waals surface area contributed by atoms with Crippen LogP contribution in [0.15, 0.2) is 48.5 Å². The Bertz CT molecular complexity index is 903. The number of halogens is 2. The second-order valence-electron chi connectivity index (χ2n) is 10.6. The minimum atomic E-state index is -0.434. The standard InChI is InChI=1S/C18H27ClN2O2.C10H12ClN/c1-18(2,3)23-17(22)20-9-4-10-21-12-15(13-21)11-14-5-7-16(19)8-6-14;11-10-3-1-8(2-4-10)5-9-6-12-7-9/h5-8,15H,4,9-13H2,1-3H3,(H,20,22);1-4,9,12H,5-7H2. The van der Waals surface area contributed by atoms with Gasteiger partial charge in [0.1, 0.15) is 5.60 Å². The summed E-state index contributed by atoms with van der Waals surface area (Å²) in [6.45, 7) is 11.9. The van der Waals surface area contributed by atoms with Gasteiger partial charge < -0.3 is 20.3 Å². The van der Waals surface area contributed by atoms with Crippen LogP contribution in [-0.4, -0.2) is 55.9 Å². The first-order valence-electron chi connectivity index (χ1n) is 12.5. The summed E-state index contributed by atoms with van der Waals surface area (Å²) in [7, 11) is 0. The number of hydrogen-bond acceptors (Lipinski definition) is 4. The minimum Gasteiger partial charge on any atom is -0.444 e. The van der Waals surface area contributed by atoms with E-state index in [1.807, 2.05) is 45.0 Å². The molecule has 2 fully saturated rings. The zero-order chi connectivity index (χ0) is 25.3. The molecule has 0 atom stereocenters. The molecule has 5 nitrogen and oxygen atoms in total. The van der Waals surface area contributed by atoms with Gasteiger partial charge in [0.15, 0.2) is 0 Å². The number of ether oxygens (including phenoxy) is 1. The van der Waals surface area contributed by atoms with E-state index in [1.165, 1.54) is 30.6 Å². The van der Waals surface area contributed by atoms with Gasteiger partial charge in [-0.1, -0.05) is 47.5 Å². The number of benzene rings is 2. The van der Waals surface area contributed by atoms with Crippen LogP contribution in [0.1, 0.15) is 38.3 Å². The molecule has 2 aromatic carbocycles. The molecule has 1 amide bonds. The Morgan fingerprint density at radius 2 is 1.46 bits per heavy atom. The summed E-state index contributed by atoms with van der Waals surface area (Å²) in [4.78, 5) is 13.9. The lowest BCUT2D eigenvalue weighted by Gasteiger charge is -2.39. The third-order valence-electron chi connectivity index (χ3n) is 6.09. The molecule has 0 saturated carbocycles. The summed E-state index contributed by atoms with van der Waals surface area (Å²) in [5, 5.41) is 7.68. The largest absolute Gasteiger partial charge is 0.444 e. The van der Waals surface area contributed by atoms with Crippen molar-refractivity contribution in [2.24, 2.45) is 11.8 Å². The van der Waals surface area contributed by atoms with Crippen molar-refractivity contribution in [2.45, 2.75) is 45.6 Å². The van der Waals surface area contributed by atoms with Crippen LogP contribution in [-0.2, 0) is 17.6 Å². The minimum absolute atomic E-state index is 0.332. The topological polar surface area (TPSA) is 53.6 Å². The zero-order valence-electron chi connectivity index (χ0n) is 21.2. The molecule has 0 spiro atoms. The van der Waals surface area contributed by atoms with Crippen molar-refractivity contribution in [3.8, 4) is 0 Å². The van der Waals surface area contributed by atoms with Crippen LogP contribution >= 0.6 is 23.2 Å². The third kappa shape index (κ3) is 10.8. The molecular formula is C28H39Cl2N3O2. The molecule has 192 valence electrons. The maximum Gasteiger partial charge on any atom is 0.407 e. The van der Waals surface area contributed by atoms with Gasteiger partial charge in [-0.25, -0.2) is 4.79 Å². The second-order valence-corrected chi connectivity index (χ2v) is 11.5. The van der Waals surface area contributed by atoms with Crippen LogP contribution in [0.25, 0.3) is 0 Å². The van der Waals surface area contributed by atoms with Crippen molar-refractivity contribution in [2.75, 3.05) is 39.3 Å². The molecule has 2 aliphatic rings. The first-order valence-corrected chi connectivity index (χ1v) is 13.3. The zero-order valence-corrected chi connectivity index (χ0v) is 22.7. The maximum atomic E-state index is 11.5. The van der Waals surface area contributed by atoms with Gasteiger partial charge in [-0.3, -0.25) is 0 Å². The van der Waals surface area contributed by atoms with Crippen LogP contribution < -0.4 is 10.6 Å². The van der Waals surface area contributed by atoms with Crippen molar-refractivity contribution in [1.29, 1.82) is 0 Å². The fourth-order valence-corrected chi connectivity index (χ4v) is 4.45. The van der Waals surface area contributed by atoms with E-state index in [0.29, 0.717) is 6.54 Å². The van der Waals surface area contributed by atoms with E-state index in [4.69, 9.17) is 27.9 Å². The van der Waals surface area contributed by atoms with E-state index < -0.39 is 5.60 Å². The van der Waals surface area contributed by atoms with Crippen LogP contribution in [0, 0.1) is 11.8 Å². The van der Waals surface area contributed by atoms with Crippen LogP contribution in [0.4, 0.5) is 4.79 Å². The molecule has 7 heteroatoms. The molecule has 0 aliphatic carbocycles. The normalized spacial score (nSPS) is 16.5. The highest BCUT2D eigenvalue weighted by atomic mass is 35.5. The Hall–Kier alpha value is -1.79. The number of amides is 1. The number of alkyl carbamates (subject to hydrolysis) is 1.